The van der Waals surface area contributed by atoms with Crippen molar-refractivity contribution >= 4 is 11.8 Å². The van der Waals surface area contributed by atoms with Gasteiger partial charge in [0.25, 0.3) is 0 Å². The number of nitrogens with one attached hydrogen (secondary N) is 4. The van der Waals surface area contributed by atoms with Gasteiger partial charge in [0.1, 0.15) is 0 Å². The Kier molecular flexibility index (Phi) is 10.5. The molecule has 2 aromatic carbocycles. The van der Waals surface area contributed by atoms with E-state index in [0.717, 1.165) is 51.6 Å². The molecular formula is C35H50N4O2. The zero-order chi connectivity index (χ0) is 28.5. The van der Waals surface area contributed by atoms with Crippen molar-refractivity contribution in [3.8, 4) is 0 Å². The Balaban J connectivity index is 0.000000165. The third kappa shape index (κ3) is 7.78. The molecule has 0 bridgehead atoms. The molecule has 41 heavy (non-hydrogen) atoms. The Morgan fingerprint density at radius 2 is 1.34 bits per heavy atom. The van der Waals surface area contributed by atoms with Gasteiger partial charge in [-0.25, -0.2) is 0 Å². The third-order valence-corrected chi connectivity index (χ3v) is 9.79. The molecule has 2 aliphatic heterocycles. The van der Waals surface area contributed by atoms with E-state index in [1.54, 1.807) is 0 Å². The number of hydrogen-bond donors (Lipinski definition) is 4. The lowest BCUT2D eigenvalue weighted by atomic mass is 9.83. The van der Waals surface area contributed by atoms with Crippen LogP contribution < -0.4 is 21.3 Å². The largest absolute Gasteiger partial charge is 0.354 e. The lowest BCUT2D eigenvalue weighted by Gasteiger charge is -2.38. The zero-order valence-electron chi connectivity index (χ0n) is 25.0. The van der Waals surface area contributed by atoms with Crippen molar-refractivity contribution in [3.05, 3.63) is 70.8 Å². The molecule has 2 aliphatic carbocycles. The lowest BCUT2D eigenvalue weighted by Crippen LogP contribution is -2.53. The normalized spacial score (nSPS) is 24.7. The minimum absolute atomic E-state index is 0.140. The smallest absolute Gasteiger partial charge is 0.223 e. The number of fused-ring (bicyclic) bond motifs is 2. The molecular weight excluding hydrogens is 508 g/mol. The van der Waals surface area contributed by atoms with Crippen LogP contribution >= 0.6 is 0 Å². The first-order valence-electron chi connectivity index (χ1n) is 16.2. The zero-order valence-corrected chi connectivity index (χ0v) is 25.0. The van der Waals surface area contributed by atoms with E-state index >= 15 is 0 Å². The molecule has 4 N–H and O–H groups in total. The van der Waals surface area contributed by atoms with Gasteiger partial charge in [0.2, 0.25) is 11.8 Å². The van der Waals surface area contributed by atoms with E-state index < -0.39 is 0 Å². The van der Waals surface area contributed by atoms with E-state index in [1.165, 1.54) is 60.8 Å². The van der Waals surface area contributed by atoms with Crippen molar-refractivity contribution in [3.63, 3.8) is 0 Å². The van der Waals surface area contributed by atoms with Gasteiger partial charge >= 0.3 is 0 Å². The van der Waals surface area contributed by atoms with E-state index in [4.69, 9.17) is 0 Å². The number of carbonyl (C=O) groups is 2. The van der Waals surface area contributed by atoms with Gasteiger partial charge in [-0.1, -0.05) is 87.1 Å². The first-order chi connectivity index (χ1) is 20.0. The maximum absolute atomic E-state index is 12.4. The SMILES string of the molecule is C[C@@]1(CNC(=O)C2CCCCC2)NCCc2ccccc21.O=C(NCC1NCCc2ccccc21)C1CCCCC1. The number of hydrogen-bond acceptors (Lipinski definition) is 4. The maximum Gasteiger partial charge on any atom is 0.223 e. The van der Waals surface area contributed by atoms with Crippen LogP contribution in [0.4, 0.5) is 0 Å². The summed E-state index contributed by atoms with van der Waals surface area (Å²) in [6.07, 6.45) is 13.8. The fourth-order valence-electron chi connectivity index (χ4n) is 7.26. The first kappa shape index (κ1) is 29.8. The number of amides is 2. The van der Waals surface area contributed by atoms with Crippen molar-refractivity contribution in [2.45, 2.75) is 95.6 Å². The van der Waals surface area contributed by atoms with Crippen LogP contribution in [0, 0.1) is 11.8 Å². The highest BCUT2D eigenvalue weighted by atomic mass is 16.2. The molecule has 2 heterocycles. The Morgan fingerprint density at radius 3 is 2.05 bits per heavy atom. The fourth-order valence-corrected chi connectivity index (χ4v) is 7.26. The van der Waals surface area contributed by atoms with Gasteiger partial charge in [0, 0.05) is 37.5 Å². The molecule has 0 radical (unpaired) electrons. The van der Waals surface area contributed by atoms with Crippen molar-refractivity contribution in [2.24, 2.45) is 11.8 Å². The second-order valence-corrected chi connectivity index (χ2v) is 12.8. The van der Waals surface area contributed by atoms with Crippen LogP contribution in [0.5, 0.6) is 0 Å². The molecule has 1 unspecified atom stereocenters. The minimum atomic E-state index is -0.140. The van der Waals surface area contributed by atoms with Crippen LogP contribution in [0.3, 0.4) is 0 Å². The van der Waals surface area contributed by atoms with Crippen LogP contribution in [0.1, 0.15) is 99.4 Å². The summed E-state index contributed by atoms with van der Waals surface area (Å²) in [5.74, 6) is 0.999. The summed E-state index contributed by atoms with van der Waals surface area (Å²) in [6.45, 7) is 5.58. The summed E-state index contributed by atoms with van der Waals surface area (Å²) in [6, 6.07) is 17.4. The van der Waals surface area contributed by atoms with Gasteiger partial charge in [-0.05, 0) is 74.2 Å². The Labute approximate surface area is 246 Å². The molecule has 0 spiro atoms. The average Bonchev–Trinajstić information content (AvgIpc) is 3.04. The summed E-state index contributed by atoms with van der Waals surface area (Å²) in [4.78, 5) is 24.6. The van der Waals surface area contributed by atoms with Crippen molar-refractivity contribution in [2.75, 3.05) is 26.2 Å². The first-order valence-corrected chi connectivity index (χ1v) is 16.2. The van der Waals surface area contributed by atoms with Gasteiger partial charge in [-0.15, -0.1) is 0 Å². The van der Waals surface area contributed by atoms with Crippen LogP contribution in [-0.4, -0.2) is 38.0 Å². The van der Waals surface area contributed by atoms with Crippen LogP contribution in [0.2, 0.25) is 0 Å². The average molecular weight is 559 g/mol. The van der Waals surface area contributed by atoms with E-state index in [9.17, 15) is 9.59 Å². The molecule has 2 aromatic rings. The molecule has 2 atom stereocenters. The summed E-state index contributed by atoms with van der Waals surface area (Å²) in [7, 11) is 0. The molecule has 0 aromatic heterocycles. The molecule has 2 amide bonds. The highest BCUT2D eigenvalue weighted by Crippen LogP contribution is 2.29. The van der Waals surface area contributed by atoms with Crippen molar-refractivity contribution in [1.82, 2.24) is 21.3 Å². The van der Waals surface area contributed by atoms with E-state index in [0.29, 0.717) is 13.1 Å². The highest BCUT2D eigenvalue weighted by Gasteiger charge is 2.32. The van der Waals surface area contributed by atoms with E-state index in [1.807, 2.05) is 0 Å². The third-order valence-electron chi connectivity index (χ3n) is 9.79. The maximum atomic E-state index is 12.4. The number of benzene rings is 2. The molecule has 0 saturated heterocycles. The molecule has 4 aliphatic rings. The second kappa shape index (κ2) is 14.5. The van der Waals surface area contributed by atoms with Crippen LogP contribution in [-0.2, 0) is 28.0 Å². The molecule has 2 saturated carbocycles. The van der Waals surface area contributed by atoms with Crippen molar-refractivity contribution < 1.29 is 9.59 Å². The monoisotopic (exact) mass is 558 g/mol. The van der Waals surface area contributed by atoms with Gasteiger partial charge in [0.05, 0.1) is 5.54 Å². The summed E-state index contributed by atoms with van der Waals surface area (Å²) < 4.78 is 0. The predicted molar refractivity (Wildman–Crippen MR) is 166 cm³/mol. The highest BCUT2D eigenvalue weighted by molar-refractivity contribution is 5.79. The van der Waals surface area contributed by atoms with Gasteiger partial charge in [-0.3, -0.25) is 9.59 Å². The topological polar surface area (TPSA) is 82.3 Å². The summed E-state index contributed by atoms with van der Waals surface area (Å²) in [5, 5.41) is 13.5. The molecule has 6 rings (SSSR count). The Hall–Kier alpha value is -2.70. The Bertz CT molecular complexity index is 1150. The van der Waals surface area contributed by atoms with Gasteiger partial charge in [0.15, 0.2) is 0 Å². The fraction of sp³-hybridized carbons (Fsp3) is 0.600. The van der Waals surface area contributed by atoms with Gasteiger partial charge < -0.3 is 21.3 Å². The standard InChI is InChI=1S/C18H26N2O.C17H24N2O/c1-18(13-19-17(21)15-8-3-2-4-9-15)16-10-6-5-7-14(16)11-12-20-18;20-17(14-7-2-1-3-8-14)19-12-16-15-9-5-4-6-13(15)10-11-18-16/h5-7,10,15,20H,2-4,8-9,11-13H2,1H3,(H,19,21);4-6,9,14,16,18H,1-3,7-8,10-12H2,(H,19,20)/t18-;/m0./s1. The predicted octanol–water partition coefficient (Wildman–Crippen LogP) is 5.31. The quantitative estimate of drug-likeness (QED) is 0.387. The number of rotatable bonds is 6. The molecule has 6 nitrogen and oxygen atoms in total. The molecule has 6 heteroatoms. The summed E-state index contributed by atoms with van der Waals surface area (Å²) >= 11 is 0. The van der Waals surface area contributed by atoms with Crippen LogP contribution in [0.25, 0.3) is 0 Å². The Morgan fingerprint density at radius 1 is 0.756 bits per heavy atom. The van der Waals surface area contributed by atoms with E-state index in [2.05, 4.69) is 76.7 Å². The van der Waals surface area contributed by atoms with Crippen LogP contribution in [0.15, 0.2) is 48.5 Å². The molecule has 222 valence electrons. The minimum Gasteiger partial charge on any atom is -0.354 e. The van der Waals surface area contributed by atoms with E-state index in [-0.39, 0.29) is 35.2 Å². The molecule has 2 fully saturated rings. The lowest BCUT2D eigenvalue weighted by molar-refractivity contribution is -0.126. The summed E-state index contributed by atoms with van der Waals surface area (Å²) in [5.41, 5.74) is 5.37. The second-order valence-electron chi connectivity index (χ2n) is 12.8. The number of carbonyl (C=O) groups excluding carboxylic acids is 2. The van der Waals surface area contributed by atoms with Gasteiger partial charge in [-0.2, -0.15) is 0 Å². The van der Waals surface area contributed by atoms with Crippen molar-refractivity contribution in [1.29, 1.82) is 0 Å².